The van der Waals surface area contributed by atoms with Crippen molar-refractivity contribution < 1.29 is 17.9 Å². The Labute approximate surface area is 138 Å². The minimum atomic E-state index is -3.61. The Morgan fingerprint density at radius 1 is 1.26 bits per heavy atom. The molecule has 0 unspecified atom stereocenters. The summed E-state index contributed by atoms with van der Waals surface area (Å²) in [5, 5.41) is 2.80. The number of nitrogens with zero attached hydrogens (tertiary/aromatic N) is 1. The number of ether oxygens (including phenoxy) is 1. The number of carbonyl (C=O) groups excluding carboxylic acids is 1. The third-order valence-electron chi connectivity index (χ3n) is 2.99. The summed E-state index contributed by atoms with van der Waals surface area (Å²) in [5.41, 5.74) is -0.0135. The highest BCUT2D eigenvalue weighted by atomic mass is 32.2. The van der Waals surface area contributed by atoms with Crippen molar-refractivity contribution in [3.05, 3.63) is 24.3 Å². The fourth-order valence-electron chi connectivity index (χ4n) is 2.14. The average molecular weight is 342 g/mol. The van der Waals surface area contributed by atoms with Crippen molar-refractivity contribution in [2.45, 2.75) is 46.2 Å². The topological polar surface area (TPSA) is 75.7 Å². The van der Waals surface area contributed by atoms with Crippen LogP contribution in [-0.4, -0.2) is 38.8 Å². The normalized spacial score (nSPS) is 13.3. The maximum absolute atomic E-state index is 12.3. The van der Waals surface area contributed by atoms with E-state index in [1.165, 1.54) is 0 Å². The number of carbonyl (C=O) groups is 1. The molecule has 0 fully saturated rings. The minimum absolute atomic E-state index is 0.350. The van der Waals surface area contributed by atoms with Gasteiger partial charge in [-0.05, 0) is 58.9 Å². The van der Waals surface area contributed by atoms with Gasteiger partial charge in [-0.25, -0.2) is 8.42 Å². The minimum Gasteiger partial charge on any atom is -0.494 e. The molecule has 1 N–H and O–H groups in total. The monoisotopic (exact) mass is 342 g/mol. The van der Waals surface area contributed by atoms with Crippen LogP contribution in [0.4, 0.5) is 5.69 Å². The molecule has 130 valence electrons. The van der Waals surface area contributed by atoms with Gasteiger partial charge in [0.2, 0.25) is 15.9 Å². The fraction of sp³-hybridized carbons (Fsp3) is 0.562. The second-order valence-electron chi connectivity index (χ2n) is 6.40. The highest BCUT2D eigenvalue weighted by Crippen LogP contribution is 2.24. The second kappa shape index (κ2) is 7.21. The summed E-state index contributed by atoms with van der Waals surface area (Å²) in [6.07, 6.45) is 1.09. The van der Waals surface area contributed by atoms with E-state index < -0.39 is 21.6 Å². The molecule has 0 bridgehead atoms. The zero-order valence-electron chi connectivity index (χ0n) is 14.6. The number of anilines is 1. The van der Waals surface area contributed by atoms with Crippen LogP contribution < -0.4 is 14.4 Å². The molecule has 23 heavy (non-hydrogen) atoms. The lowest BCUT2D eigenvalue weighted by atomic mass is 10.1. The van der Waals surface area contributed by atoms with Crippen LogP contribution in [0, 0.1) is 0 Å². The van der Waals surface area contributed by atoms with Crippen LogP contribution in [0.3, 0.4) is 0 Å². The molecule has 0 spiro atoms. The van der Waals surface area contributed by atoms with E-state index in [0.717, 1.165) is 10.6 Å². The van der Waals surface area contributed by atoms with Gasteiger partial charge >= 0.3 is 0 Å². The zero-order valence-corrected chi connectivity index (χ0v) is 15.4. The molecule has 1 rings (SSSR count). The highest BCUT2D eigenvalue weighted by molar-refractivity contribution is 7.92. The number of hydrogen-bond acceptors (Lipinski definition) is 4. The number of rotatable bonds is 6. The van der Waals surface area contributed by atoms with E-state index in [4.69, 9.17) is 4.74 Å². The molecule has 1 amide bonds. The van der Waals surface area contributed by atoms with Gasteiger partial charge in [0.1, 0.15) is 11.8 Å². The Morgan fingerprint density at radius 2 is 1.78 bits per heavy atom. The van der Waals surface area contributed by atoms with Crippen LogP contribution in [0.2, 0.25) is 0 Å². The van der Waals surface area contributed by atoms with Crippen LogP contribution in [0.5, 0.6) is 5.75 Å². The Bertz CT molecular complexity index is 633. The van der Waals surface area contributed by atoms with Crippen LogP contribution >= 0.6 is 0 Å². The van der Waals surface area contributed by atoms with E-state index in [9.17, 15) is 13.2 Å². The largest absolute Gasteiger partial charge is 0.494 e. The predicted octanol–water partition coefficient (Wildman–Crippen LogP) is 2.15. The lowest BCUT2D eigenvalue weighted by molar-refractivity contribution is -0.123. The molecule has 0 aromatic heterocycles. The number of benzene rings is 1. The summed E-state index contributed by atoms with van der Waals surface area (Å²) in [6.45, 7) is 9.51. The first-order chi connectivity index (χ1) is 10.5. The van der Waals surface area contributed by atoms with Gasteiger partial charge < -0.3 is 10.1 Å². The van der Waals surface area contributed by atoms with Crippen molar-refractivity contribution in [1.82, 2.24) is 5.32 Å². The predicted molar refractivity (Wildman–Crippen MR) is 92.3 cm³/mol. The van der Waals surface area contributed by atoms with Gasteiger partial charge in [0.25, 0.3) is 0 Å². The van der Waals surface area contributed by atoms with Crippen molar-refractivity contribution in [3.8, 4) is 5.75 Å². The maximum atomic E-state index is 12.3. The SMILES string of the molecule is CCOc1ccc(N([C@H](C)C(=O)NC(C)(C)C)S(C)(=O)=O)cc1. The van der Waals surface area contributed by atoms with Gasteiger partial charge in [-0.3, -0.25) is 9.10 Å². The van der Waals surface area contributed by atoms with Crippen molar-refractivity contribution in [2.24, 2.45) is 0 Å². The maximum Gasteiger partial charge on any atom is 0.244 e. The summed E-state index contributed by atoms with van der Waals surface area (Å²) in [7, 11) is -3.61. The Morgan fingerprint density at radius 3 is 2.17 bits per heavy atom. The smallest absolute Gasteiger partial charge is 0.244 e. The summed E-state index contributed by atoms with van der Waals surface area (Å²) in [6, 6.07) is 5.78. The molecule has 6 nitrogen and oxygen atoms in total. The van der Waals surface area contributed by atoms with Crippen LogP contribution in [0.25, 0.3) is 0 Å². The zero-order chi connectivity index (χ0) is 17.8. The van der Waals surface area contributed by atoms with E-state index >= 15 is 0 Å². The summed E-state index contributed by atoms with van der Waals surface area (Å²) >= 11 is 0. The summed E-state index contributed by atoms with van der Waals surface area (Å²) in [4.78, 5) is 12.3. The van der Waals surface area contributed by atoms with Crippen LogP contribution in [0.1, 0.15) is 34.6 Å². The average Bonchev–Trinajstić information content (AvgIpc) is 2.37. The van der Waals surface area contributed by atoms with E-state index in [1.807, 2.05) is 27.7 Å². The molecule has 0 saturated heterocycles. The van der Waals surface area contributed by atoms with E-state index in [2.05, 4.69) is 5.32 Å². The van der Waals surface area contributed by atoms with E-state index in [0.29, 0.717) is 18.0 Å². The second-order valence-corrected chi connectivity index (χ2v) is 8.26. The third kappa shape index (κ3) is 5.74. The van der Waals surface area contributed by atoms with E-state index in [1.54, 1.807) is 31.2 Å². The molecule has 7 heteroatoms. The first kappa shape index (κ1) is 19.3. The van der Waals surface area contributed by atoms with Crippen molar-refractivity contribution in [1.29, 1.82) is 0 Å². The molecule has 1 aromatic rings. The first-order valence-electron chi connectivity index (χ1n) is 7.50. The van der Waals surface area contributed by atoms with Gasteiger partial charge in [-0.15, -0.1) is 0 Å². The number of nitrogens with one attached hydrogen (secondary N) is 1. The number of sulfonamides is 1. The molecule has 0 aliphatic carbocycles. The Hall–Kier alpha value is -1.76. The molecular weight excluding hydrogens is 316 g/mol. The Balaban J connectivity index is 3.13. The number of amides is 1. The Kier molecular flexibility index (Phi) is 6.04. The first-order valence-corrected chi connectivity index (χ1v) is 9.35. The van der Waals surface area contributed by atoms with Gasteiger partial charge in [-0.2, -0.15) is 0 Å². The third-order valence-corrected chi connectivity index (χ3v) is 4.23. The van der Waals surface area contributed by atoms with E-state index in [-0.39, 0.29) is 5.91 Å². The molecule has 0 radical (unpaired) electrons. The van der Waals surface area contributed by atoms with Crippen molar-refractivity contribution in [3.63, 3.8) is 0 Å². The van der Waals surface area contributed by atoms with Gasteiger partial charge in [0, 0.05) is 5.54 Å². The quantitative estimate of drug-likeness (QED) is 0.859. The number of hydrogen-bond donors (Lipinski definition) is 1. The fourth-order valence-corrected chi connectivity index (χ4v) is 3.31. The van der Waals surface area contributed by atoms with Crippen molar-refractivity contribution >= 4 is 21.6 Å². The van der Waals surface area contributed by atoms with Gasteiger partial charge in [0.05, 0.1) is 18.6 Å². The van der Waals surface area contributed by atoms with Crippen molar-refractivity contribution in [2.75, 3.05) is 17.2 Å². The highest BCUT2D eigenvalue weighted by Gasteiger charge is 2.30. The molecule has 0 aliphatic heterocycles. The van der Waals surface area contributed by atoms with Crippen LogP contribution in [0.15, 0.2) is 24.3 Å². The van der Waals surface area contributed by atoms with Crippen LogP contribution in [-0.2, 0) is 14.8 Å². The molecule has 1 atom stereocenters. The molecular formula is C16H26N2O4S. The standard InChI is InChI=1S/C16H26N2O4S/c1-7-22-14-10-8-13(9-11-14)18(23(6,20)21)12(2)15(19)17-16(3,4)5/h8-12H,7H2,1-6H3,(H,17,19)/t12-/m1/s1. The van der Waals surface area contributed by atoms with Gasteiger partial charge in [0.15, 0.2) is 0 Å². The summed E-state index contributed by atoms with van der Waals surface area (Å²) < 4.78 is 30.8. The molecule has 0 aliphatic rings. The summed E-state index contributed by atoms with van der Waals surface area (Å²) in [5.74, 6) is 0.299. The molecule has 1 aromatic carbocycles. The molecule has 0 saturated carbocycles. The lowest BCUT2D eigenvalue weighted by Gasteiger charge is -2.31. The van der Waals surface area contributed by atoms with Gasteiger partial charge in [-0.1, -0.05) is 0 Å². The molecule has 0 heterocycles. The lowest BCUT2D eigenvalue weighted by Crippen LogP contribution is -2.52.